The molecule has 1 N–H and O–H groups in total. The molecule has 4 nitrogen and oxygen atoms in total. The van der Waals surface area contributed by atoms with Crippen LogP contribution < -0.4 is 10.2 Å². The van der Waals surface area contributed by atoms with Crippen molar-refractivity contribution in [2.75, 3.05) is 30.4 Å². The molecule has 0 aliphatic carbocycles. The van der Waals surface area contributed by atoms with Gasteiger partial charge in [-0.05, 0) is 19.8 Å². The Morgan fingerprint density at radius 3 is 2.72 bits per heavy atom. The molecule has 0 aromatic carbocycles. The Morgan fingerprint density at radius 2 is 2.06 bits per heavy atom. The zero-order chi connectivity index (χ0) is 12.5. The van der Waals surface area contributed by atoms with Gasteiger partial charge in [0.1, 0.15) is 0 Å². The van der Waals surface area contributed by atoms with E-state index >= 15 is 0 Å². The molecule has 0 unspecified atom stereocenters. The highest BCUT2D eigenvalue weighted by atomic mass is 32.1. The number of aromatic nitrogens is 2. The second kappa shape index (κ2) is 4.85. The van der Waals surface area contributed by atoms with Crippen LogP contribution >= 0.6 is 22.7 Å². The lowest BCUT2D eigenvalue weighted by Crippen LogP contribution is -2.17. The maximum atomic E-state index is 4.69. The number of nitrogens with one attached hydrogen (secondary N) is 1. The SMILES string of the molecule is CNc1nc(-c2sc(N3CCCC3)nc2C)cs1. The minimum Gasteiger partial charge on any atom is -0.365 e. The fourth-order valence-corrected chi connectivity index (χ4v) is 3.97. The topological polar surface area (TPSA) is 41.1 Å². The summed E-state index contributed by atoms with van der Waals surface area (Å²) in [6.45, 7) is 4.36. The molecule has 96 valence electrons. The fourth-order valence-electron chi connectivity index (χ4n) is 2.16. The lowest BCUT2D eigenvalue weighted by molar-refractivity contribution is 0.949. The monoisotopic (exact) mass is 280 g/mol. The molecule has 2 aromatic heterocycles. The van der Waals surface area contributed by atoms with Crippen LogP contribution in [-0.4, -0.2) is 30.1 Å². The van der Waals surface area contributed by atoms with E-state index in [0.717, 1.165) is 34.7 Å². The first-order valence-corrected chi connectivity index (χ1v) is 7.83. The zero-order valence-corrected chi connectivity index (χ0v) is 12.2. The maximum absolute atomic E-state index is 4.69. The summed E-state index contributed by atoms with van der Waals surface area (Å²) in [4.78, 5) is 12.8. The van der Waals surface area contributed by atoms with Crippen molar-refractivity contribution in [1.29, 1.82) is 0 Å². The number of hydrogen-bond donors (Lipinski definition) is 1. The third kappa shape index (κ3) is 2.10. The number of anilines is 2. The van der Waals surface area contributed by atoms with E-state index < -0.39 is 0 Å². The molecule has 0 saturated carbocycles. The van der Waals surface area contributed by atoms with E-state index in [2.05, 4.69) is 27.5 Å². The molecule has 0 radical (unpaired) electrons. The van der Waals surface area contributed by atoms with Crippen molar-refractivity contribution in [3.05, 3.63) is 11.1 Å². The Bertz CT molecular complexity index is 540. The molecule has 2 aromatic rings. The number of aryl methyl sites for hydroxylation is 1. The number of nitrogens with zero attached hydrogens (tertiary/aromatic N) is 3. The van der Waals surface area contributed by atoms with E-state index in [9.17, 15) is 0 Å². The van der Waals surface area contributed by atoms with Gasteiger partial charge in [0.25, 0.3) is 0 Å². The molecule has 1 aliphatic heterocycles. The molecule has 1 aliphatic rings. The number of rotatable bonds is 3. The predicted molar refractivity (Wildman–Crippen MR) is 79.0 cm³/mol. The van der Waals surface area contributed by atoms with Gasteiger partial charge >= 0.3 is 0 Å². The van der Waals surface area contributed by atoms with Gasteiger partial charge < -0.3 is 10.2 Å². The van der Waals surface area contributed by atoms with Crippen LogP contribution in [0.15, 0.2) is 5.38 Å². The first kappa shape index (κ1) is 11.9. The van der Waals surface area contributed by atoms with Crippen LogP contribution in [0.25, 0.3) is 10.6 Å². The standard InChI is InChI=1S/C12H16N4S2/c1-8-10(9-7-17-11(13-2)15-9)18-12(14-8)16-5-3-4-6-16/h7H,3-6H2,1-2H3,(H,13,15). The van der Waals surface area contributed by atoms with E-state index in [4.69, 9.17) is 4.98 Å². The molecular weight excluding hydrogens is 264 g/mol. The summed E-state index contributed by atoms with van der Waals surface area (Å²) in [5, 5.41) is 7.29. The Labute approximate surface area is 115 Å². The van der Waals surface area contributed by atoms with Gasteiger partial charge in [0.05, 0.1) is 16.3 Å². The van der Waals surface area contributed by atoms with Gasteiger partial charge in [-0.2, -0.15) is 0 Å². The van der Waals surface area contributed by atoms with E-state index in [0.29, 0.717) is 0 Å². The van der Waals surface area contributed by atoms with Gasteiger partial charge in [0.2, 0.25) is 0 Å². The van der Waals surface area contributed by atoms with Crippen LogP contribution in [0, 0.1) is 6.92 Å². The summed E-state index contributed by atoms with van der Waals surface area (Å²) in [5.74, 6) is 0. The van der Waals surface area contributed by atoms with Crippen molar-refractivity contribution in [3.63, 3.8) is 0 Å². The largest absolute Gasteiger partial charge is 0.365 e. The molecule has 0 amide bonds. The van der Waals surface area contributed by atoms with Gasteiger partial charge in [-0.1, -0.05) is 11.3 Å². The Balaban J connectivity index is 1.92. The summed E-state index contributed by atoms with van der Waals surface area (Å²) in [7, 11) is 1.90. The number of hydrogen-bond acceptors (Lipinski definition) is 6. The molecule has 0 atom stereocenters. The second-order valence-corrected chi connectivity index (χ2v) is 6.23. The zero-order valence-electron chi connectivity index (χ0n) is 10.6. The van der Waals surface area contributed by atoms with Gasteiger partial charge in [-0.15, -0.1) is 11.3 Å². The van der Waals surface area contributed by atoms with E-state index in [1.807, 2.05) is 7.05 Å². The van der Waals surface area contributed by atoms with E-state index in [-0.39, 0.29) is 0 Å². The van der Waals surface area contributed by atoms with Gasteiger partial charge in [0, 0.05) is 25.5 Å². The van der Waals surface area contributed by atoms with E-state index in [1.54, 1.807) is 22.7 Å². The van der Waals surface area contributed by atoms with Gasteiger partial charge in [0.15, 0.2) is 10.3 Å². The van der Waals surface area contributed by atoms with Crippen molar-refractivity contribution in [2.24, 2.45) is 0 Å². The Morgan fingerprint density at radius 1 is 1.28 bits per heavy atom. The molecular formula is C12H16N4S2. The molecule has 0 spiro atoms. The summed E-state index contributed by atoms with van der Waals surface area (Å²) < 4.78 is 0. The first-order chi connectivity index (χ1) is 8.78. The van der Waals surface area contributed by atoms with Crippen molar-refractivity contribution in [3.8, 4) is 10.6 Å². The van der Waals surface area contributed by atoms with Crippen LogP contribution in [0.3, 0.4) is 0 Å². The summed E-state index contributed by atoms with van der Waals surface area (Å²) >= 11 is 3.40. The average Bonchev–Trinajstić information content (AvgIpc) is 3.08. The maximum Gasteiger partial charge on any atom is 0.186 e. The van der Waals surface area contributed by atoms with Crippen LogP contribution in [0.2, 0.25) is 0 Å². The lowest BCUT2D eigenvalue weighted by Gasteiger charge is -2.11. The molecule has 0 bridgehead atoms. The van der Waals surface area contributed by atoms with Crippen molar-refractivity contribution >= 4 is 32.9 Å². The molecule has 18 heavy (non-hydrogen) atoms. The minimum atomic E-state index is 0.959. The highest BCUT2D eigenvalue weighted by molar-refractivity contribution is 7.19. The molecule has 6 heteroatoms. The van der Waals surface area contributed by atoms with E-state index in [1.165, 1.54) is 17.7 Å². The third-order valence-corrected chi connectivity index (χ3v) is 5.21. The quantitative estimate of drug-likeness (QED) is 0.937. The molecule has 3 heterocycles. The van der Waals surface area contributed by atoms with Crippen LogP contribution in [0.1, 0.15) is 18.5 Å². The predicted octanol–water partition coefficient (Wildman–Crippen LogP) is 3.22. The summed E-state index contributed by atoms with van der Waals surface area (Å²) in [6, 6.07) is 0. The minimum absolute atomic E-state index is 0.959. The highest BCUT2D eigenvalue weighted by Gasteiger charge is 2.19. The molecule has 1 fully saturated rings. The second-order valence-electron chi connectivity index (χ2n) is 4.39. The Kier molecular flexibility index (Phi) is 3.22. The lowest BCUT2D eigenvalue weighted by atomic mass is 10.3. The van der Waals surface area contributed by atoms with Crippen LogP contribution in [-0.2, 0) is 0 Å². The average molecular weight is 280 g/mol. The van der Waals surface area contributed by atoms with Crippen molar-refractivity contribution in [1.82, 2.24) is 9.97 Å². The van der Waals surface area contributed by atoms with Gasteiger partial charge in [-0.3, -0.25) is 0 Å². The highest BCUT2D eigenvalue weighted by Crippen LogP contribution is 2.36. The molecule has 1 saturated heterocycles. The summed E-state index contributed by atoms with van der Waals surface area (Å²) in [5.41, 5.74) is 2.14. The van der Waals surface area contributed by atoms with Crippen molar-refractivity contribution < 1.29 is 0 Å². The van der Waals surface area contributed by atoms with Crippen molar-refractivity contribution in [2.45, 2.75) is 19.8 Å². The molecule has 3 rings (SSSR count). The normalized spacial score (nSPS) is 15.3. The first-order valence-electron chi connectivity index (χ1n) is 6.14. The third-order valence-electron chi connectivity index (χ3n) is 3.11. The summed E-state index contributed by atoms with van der Waals surface area (Å²) in [6.07, 6.45) is 2.57. The number of thiazole rings is 2. The van der Waals surface area contributed by atoms with Gasteiger partial charge in [-0.25, -0.2) is 9.97 Å². The Hall–Kier alpha value is -1.14. The fraction of sp³-hybridized carbons (Fsp3) is 0.500. The smallest absolute Gasteiger partial charge is 0.186 e. The van der Waals surface area contributed by atoms with Crippen LogP contribution in [0.4, 0.5) is 10.3 Å². The van der Waals surface area contributed by atoms with Crippen LogP contribution in [0.5, 0.6) is 0 Å².